The molecule has 0 aliphatic rings. The van der Waals surface area contributed by atoms with Gasteiger partial charge in [-0.2, -0.15) is 18.4 Å². The van der Waals surface area contributed by atoms with Gasteiger partial charge >= 0.3 is 6.18 Å². The van der Waals surface area contributed by atoms with Crippen molar-refractivity contribution in [2.45, 2.75) is 24.9 Å². The largest absolute Gasteiger partial charge is 0.433 e. The van der Waals surface area contributed by atoms with Gasteiger partial charge < -0.3 is 0 Å². The first-order valence-electron chi connectivity index (χ1n) is 4.62. The molecule has 0 saturated heterocycles. The molecule has 0 aliphatic carbocycles. The molecule has 0 atom stereocenters. The normalized spacial score (nSPS) is 11.7. The Kier molecular flexibility index (Phi) is 4.46. The van der Waals surface area contributed by atoms with Crippen molar-refractivity contribution in [3.63, 3.8) is 0 Å². The van der Waals surface area contributed by atoms with E-state index in [9.17, 15) is 22.0 Å². The summed E-state index contributed by atoms with van der Waals surface area (Å²) < 4.78 is 62.7. The van der Waals surface area contributed by atoms with Crippen LogP contribution in [-0.4, -0.2) is 4.98 Å². The predicted octanol–water partition coefficient (Wildman–Crippen LogP) is 3.84. The zero-order valence-electron chi connectivity index (χ0n) is 8.73. The number of aromatic nitrogens is 1. The van der Waals surface area contributed by atoms with Crippen LogP contribution in [0.25, 0.3) is 0 Å². The van der Waals surface area contributed by atoms with Gasteiger partial charge in [-0.3, -0.25) is 0 Å². The Bertz CT molecular complexity index is 478. The van der Waals surface area contributed by atoms with E-state index in [0.29, 0.717) is 0 Å². The van der Waals surface area contributed by atoms with Gasteiger partial charge in [-0.15, -0.1) is 11.6 Å². The Balaban J connectivity index is 3.49. The third-order valence-corrected chi connectivity index (χ3v) is 2.41. The van der Waals surface area contributed by atoms with Crippen LogP contribution >= 0.6 is 11.6 Å². The van der Waals surface area contributed by atoms with Crippen LogP contribution in [0, 0.1) is 11.3 Å². The third kappa shape index (κ3) is 3.07. The molecule has 1 heterocycles. The number of halogens is 6. The van der Waals surface area contributed by atoms with Crippen molar-refractivity contribution in [3.8, 4) is 6.07 Å². The third-order valence-electron chi connectivity index (χ3n) is 2.15. The first kappa shape index (κ1) is 14.6. The van der Waals surface area contributed by atoms with Crippen molar-refractivity contribution in [3.05, 3.63) is 28.6 Å². The summed E-state index contributed by atoms with van der Waals surface area (Å²) in [4.78, 5) is 3.18. The predicted molar refractivity (Wildman–Crippen MR) is 53.1 cm³/mol. The highest BCUT2D eigenvalue weighted by atomic mass is 35.5. The van der Waals surface area contributed by atoms with Gasteiger partial charge in [0.05, 0.1) is 24.1 Å². The second-order valence-corrected chi connectivity index (χ2v) is 3.56. The van der Waals surface area contributed by atoms with Gasteiger partial charge in [-0.25, -0.2) is 13.8 Å². The molecule has 0 aliphatic heterocycles. The lowest BCUT2D eigenvalue weighted by Gasteiger charge is -2.14. The SMILES string of the molecule is N#CCc1c(C(F)F)cc(C(F)(F)F)nc1CCl. The summed E-state index contributed by atoms with van der Waals surface area (Å²) in [5, 5.41) is 8.49. The summed E-state index contributed by atoms with van der Waals surface area (Å²) in [6, 6.07) is 1.86. The standard InChI is InChI=1S/C10H6ClF5N2/c11-4-7-5(1-2-17)6(9(12)13)3-8(18-7)10(14,15)16/h3,9H,1,4H2. The van der Waals surface area contributed by atoms with Crippen LogP contribution in [0.3, 0.4) is 0 Å². The Labute approximate surface area is 104 Å². The molecule has 0 spiro atoms. The Morgan fingerprint density at radius 2 is 2.00 bits per heavy atom. The second kappa shape index (κ2) is 5.48. The molecule has 98 valence electrons. The molecule has 18 heavy (non-hydrogen) atoms. The van der Waals surface area contributed by atoms with E-state index in [1.165, 1.54) is 0 Å². The van der Waals surface area contributed by atoms with E-state index < -0.39 is 36.2 Å². The first-order chi connectivity index (χ1) is 8.31. The minimum Gasteiger partial charge on any atom is -0.247 e. The number of pyridine rings is 1. The van der Waals surface area contributed by atoms with Gasteiger partial charge in [0.15, 0.2) is 0 Å². The number of hydrogen-bond donors (Lipinski definition) is 0. The lowest BCUT2D eigenvalue weighted by Crippen LogP contribution is -2.13. The van der Waals surface area contributed by atoms with Crippen molar-refractivity contribution < 1.29 is 22.0 Å². The highest BCUT2D eigenvalue weighted by Gasteiger charge is 2.35. The van der Waals surface area contributed by atoms with Crippen molar-refractivity contribution in [1.82, 2.24) is 4.98 Å². The minimum absolute atomic E-state index is 0.240. The van der Waals surface area contributed by atoms with E-state index in [1.54, 1.807) is 6.07 Å². The van der Waals surface area contributed by atoms with Crippen LogP contribution in [0.15, 0.2) is 6.07 Å². The number of rotatable bonds is 3. The molecular formula is C10H6ClF5N2. The molecule has 8 heteroatoms. The minimum atomic E-state index is -4.84. The number of alkyl halides is 6. The fourth-order valence-electron chi connectivity index (χ4n) is 1.38. The van der Waals surface area contributed by atoms with Gasteiger partial charge in [-0.1, -0.05) is 0 Å². The fourth-order valence-corrected chi connectivity index (χ4v) is 1.60. The quantitative estimate of drug-likeness (QED) is 0.624. The molecule has 1 aromatic heterocycles. The summed E-state index contributed by atoms with van der Waals surface area (Å²) in [7, 11) is 0. The van der Waals surface area contributed by atoms with E-state index in [-0.39, 0.29) is 17.3 Å². The molecule has 2 nitrogen and oxygen atoms in total. The maximum atomic E-state index is 12.7. The van der Waals surface area contributed by atoms with Crippen molar-refractivity contribution in [2.75, 3.05) is 0 Å². The molecule has 0 N–H and O–H groups in total. The second-order valence-electron chi connectivity index (χ2n) is 3.29. The monoisotopic (exact) mass is 284 g/mol. The zero-order valence-corrected chi connectivity index (χ0v) is 9.49. The van der Waals surface area contributed by atoms with Gasteiger partial charge in [0.1, 0.15) is 5.69 Å². The van der Waals surface area contributed by atoms with Crippen molar-refractivity contribution in [2.24, 2.45) is 0 Å². The van der Waals surface area contributed by atoms with Crippen LogP contribution in [0.4, 0.5) is 22.0 Å². The first-order valence-corrected chi connectivity index (χ1v) is 5.15. The molecule has 0 saturated carbocycles. The molecule has 1 aromatic rings. The molecule has 0 radical (unpaired) electrons. The topological polar surface area (TPSA) is 36.7 Å². The van der Waals surface area contributed by atoms with Gasteiger partial charge in [0.2, 0.25) is 0 Å². The summed E-state index contributed by atoms with van der Waals surface area (Å²) in [6.45, 7) is 0. The van der Waals surface area contributed by atoms with Crippen molar-refractivity contribution in [1.29, 1.82) is 5.26 Å². The molecule has 0 bridgehead atoms. The summed E-state index contributed by atoms with van der Waals surface area (Å²) in [5.74, 6) is -0.472. The van der Waals surface area contributed by atoms with Crippen LogP contribution < -0.4 is 0 Å². The van der Waals surface area contributed by atoms with Crippen LogP contribution in [-0.2, 0) is 18.5 Å². The smallest absolute Gasteiger partial charge is 0.247 e. The maximum absolute atomic E-state index is 12.7. The average Bonchev–Trinajstić information content (AvgIpc) is 2.27. The molecule has 0 amide bonds. The highest BCUT2D eigenvalue weighted by molar-refractivity contribution is 6.17. The number of hydrogen-bond acceptors (Lipinski definition) is 2. The highest BCUT2D eigenvalue weighted by Crippen LogP contribution is 2.33. The van der Waals surface area contributed by atoms with E-state index >= 15 is 0 Å². The number of nitrogens with zero attached hydrogens (tertiary/aromatic N) is 2. The molecule has 0 aromatic carbocycles. The maximum Gasteiger partial charge on any atom is 0.433 e. The summed E-state index contributed by atoms with van der Waals surface area (Å²) in [5.41, 5.74) is -2.87. The summed E-state index contributed by atoms with van der Waals surface area (Å²) in [6.07, 6.45) is -8.43. The molecule has 1 rings (SSSR count). The van der Waals surface area contributed by atoms with E-state index in [2.05, 4.69) is 4.98 Å². The van der Waals surface area contributed by atoms with Crippen molar-refractivity contribution >= 4 is 11.6 Å². The van der Waals surface area contributed by atoms with Crippen LogP contribution in [0.1, 0.15) is 28.9 Å². The van der Waals surface area contributed by atoms with E-state index in [4.69, 9.17) is 16.9 Å². The van der Waals surface area contributed by atoms with Gasteiger partial charge in [0.25, 0.3) is 6.43 Å². The van der Waals surface area contributed by atoms with E-state index in [0.717, 1.165) is 0 Å². The van der Waals surface area contributed by atoms with Crippen LogP contribution in [0.2, 0.25) is 0 Å². The lowest BCUT2D eigenvalue weighted by molar-refractivity contribution is -0.141. The Morgan fingerprint density at radius 1 is 1.39 bits per heavy atom. The number of nitriles is 1. The van der Waals surface area contributed by atoms with Gasteiger partial charge in [0, 0.05) is 5.56 Å². The van der Waals surface area contributed by atoms with Gasteiger partial charge in [-0.05, 0) is 11.6 Å². The molecular weight excluding hydrogens is 279 g/mol. The summed E-state index contributed by atoms with van der Waals surface area (Å²) >= 11 is 5.38. The van der Waals surface area contributed by atoms with Crippen LogP contribution in [0.5, 0.6) is 0 Å². The molecule has 0 unspecified atom stereocenters. The Hall–Kier alpha value is -1.42. The Morgan fingerprint density at radius 3 is 2.39 bits per heavy atom. The van der Waals surface area contributed by atoms with E-state index in [1.807, 2.05) is 0 Å². The zero-order chi connectivity index (χ0) is 13.9. The average molecular weight is 285 g/mol. The molecule has 0 fully saturated rings. The fraction of sp³-hybridized carbons (Fsp3) is 0.400. The lowest BCUT2D eigenvalue weighted by atomic mass is 10.0.